The van der Waals surface area contributed by atoms with Gasteiger partial charge in [-0.05, 0) is 30.9 Å². The van der Waals surface area contributed by atoms with Crippen LogP contribution in [0.1, 0.15) is 23.2 Å². The van der Waals surface area contributed by atoms with Gasteiger partial charge in [-0.15, -0.1) is 0 Å². The molecule has 1 amide bonds. The number of nitrogens with zero attached hydrogens (tertiary/aromatic N) is 1. The summed E-state index contributed by atoms with van der Waals surface area (Å²) in [5.74, 6) is -1.32. The number of nitro benzene ring substituents is 1. The Bertz CT molecular complexity index is 690. The summed E-state index contributed by atoms with van der Waals surface area (Å²) in [6, 6.07) is 2.68. The summed E-state index contributed by atoms with van der Waals surface area (Å²) >= 11 is 0. The molecule has 1 aromatic rings. The van der Waals surface area contributed by atoms with Gasteiger partial charge in [0.1, 0.15) is 21.2 Å². The standard InChI is InChI=1S/C13H15FN2O5S/c14-10-1-2-12(16(18)19)11(7-10)13(17)15-8-9-3-5-22(20,21)6-4-9/h1-2,7,9H,3-6,8H2,(H,15,17). The van der Waals surface area contributed by atoms with Crippen LogP contribution >= 0.6 is 0 Å². The van der Waals surface area contributed by atoms with Crippen molar-refractivity contribution in [1.29, 1.82) is 0 Å². The van der Waals surface area contributed by atoms with Gasteiger partial charge in [-0.1, -0.05) is 0 Å². The van der Waals surface area contributed by atoms with E-state index in [2.05, 4.69) is 5.32 Å². The van der Waals surface area contributed by atoms with Gasteiger partial charge in [-0.2, -0.15) is 0 Å². The van der Waals surface area contributed by atoms with Crippen molar-refractivity contribution in [2.45, 2.75) is 12.8 Å². The molecule has 0 radical (unpaired) electrons. The average Bonchev–Trinajstić information content (AvgIpc) is 2.45. The Kier molecular flexibility index (Phi) is 4.74. The lowest BCUT2D eigenvalue weighted by atomic mass is 10.0. The lowest BCUT2D eigenvalue weighted by Crippen LogP contribution is -2.34. The molecule has 1 aliphatic rings. The summed E-state index contributed by atoms with van der Waals surface area (Å²) in [6.45, 7) is 0.210. The van der Waals surface area contributed by atoms with Gasteiger partial charge in [0.15, 0.2) is 0 Å². The minimum absolute atomic E-state index is 0.0000836. The number of benzene rings is 1. The summed E-state index contributed by atoms with van der Waals surface area (Å²) < 4.78 is 35.8. The Morgan fingerprint density at radius 1 is 1.36 bits per heavy atom. The van der Waals surface area contributed by atoms with Crippen LogP contribution in [0.25, 0.3) is 0 Å². The monoisotopic (exact) mass is 330 g/mol. The fourth-order valence-corrected chi connectivity index (χ4v) is 3.91. The van der Waals surface area contributed by atoms with Gasteiger partial charge in [-0.3, -0.25) is 14.9 Å². The minimum Gasteiger partial charge on any atom is -0.352 e. The van der Waals surface area contributed by atoms with Gasteiger partial charge in [0.25, 0.3) is 11.6 Å². The Morgan fingerprint density at radius 2 is 2.00 bits per heavy atom. The van der Waals surface area contributed by atoms with Gasteiger partial charge < -0.3 is 5.32 Å². The normalized spacial score (nSPS) is 17.9. The number of rotatable bonds is 4. The molecule has 0 unspecified atom stereocenters. The second kappa shape index (κ2) is 6.39. The van der Waals surface area contributed by atoms with Crippen molar-refractivity contribution >= 4 is 21.4 Å². The van der Waals surface area contributed by atoms with E-state index in [4.69, 9.17) is 0 Å². The fourth-order valence-electron chi connectivity index (χ4n) is 2.32. The van der Waals surface area contributed by atoms with Crippen molar-refractivity contribution in [3.8, 4) is 0 Å². The van der Waals surface area contributed by atoms with E-state index >= 15 is 0 Å². The zero-order chi connectivity index (χ0) is 16.3. The van der Waals surface area contributed by atoms with E-state index in [1.165, 1.54) is 0 Å². The first-order valence-electron chi connectivity index (χ1n) is 6.71. The summed E-state index contributed by atoms with van der Waals surface area (Å²) in [4.78, 5) is 22.1. The number of amides is 1. The fraction of sp³-hybridized carbons (Fsp3) is 0.462. The van der Waals surface area contributed by atoms with Crippen LogP contribution in [-0.4, -0.2) is 37.3 Å². The summed E-state index contributed by atoms with van der Waals surface area (Å²) in [5, 5.41) is 13.4. The van der Waals surface area contributed by atoms with Crippen molar-refractivity contribution in [3.05, 3.63) is 39.7 Å². The molecule has 0 spiro atoms. The SMILES string of the molecule is O=C(NCC1CCS(=O)(=O)CC1)c1cc(F)ccc1[N+](=O)[O-]. The quantitative estimate of drug-likeness (QED) is 0.661. The molecule has 120 valence electrons. The van der Waals surface area contributed by atoms with Gasteiger partial charge >= 0.3 is 0 Å². The first-order chi connectivity index (χ1) is 10.3. The van der Waals surface area contributed by atoms with Crippen molar-refractivity contribution in [2.75, 3.05) is 18.1 Å². The Morgan fingerprint density at radius 3 is 2.59 bits per heavy atom. The highest BCUT2D eigenvalue weighted by Crippen LogP contribution is 2.21. The highest BCUT2D eigenvalue weighted by molar-refractivity contribution is 7.91. The zero-order valence-corrected chi connectivity index (χ0v) is 12.4. The molecule has 1 aromatic carbocycles. The third-order valence-corrected chi connectivity index (χ3v) is 5.34. The Labute approximate surface area is 126 Å². The minimum atomic E-state index is -2.98. The van der Waals surface area contributed by atoms with E-state index in [9.17, 15) is 27.7 Å². The van der Waals surface area contributed by atoms with Crippen LogP contribution in [0.3, 0.4) is 0 Å². The average molecular weight is 330 g/mol. The molecule has 0 aromatic heterocycles. The molecule has 22 heavy (non-hydrogen) atoms. The maximum absolute atomic E-state index is 13.2. The summed E-state index contributed by atoms with van der Waals surface area (Å²) in [6.07, 6.45) is 0.877. The number of sulfone groups is 1. The van der Waals surface area contributed by atoms with Gasteiger partial charge in [0, 0.05) is 12.6 Å². The van der Waals surface area contributed by atoms with Crippen molar-refractivity contribution < 1.29 is 22.5 Å². The van der Waals surface area contributed by atoms with Crippen LogP contribution in [0, 0.1) is 21.8 Å². The van der Waals surface area contributed by atoms with E-state index < -0.39 is 32.2 Å². The lowest BCUT2D eigenvalue weighted by molar-refractivity contribution is -0.385. The molecule has 1 N–H and O–H groups in total. The lowest BCUT2D eigenvalue weighted by Gasteiger charge is -2.22. The first kappa shape index (κ1) is 16.3. The topological polar surface area (TPSA) is 106 Å². The molecule has 7 nitrogen and oxygen atoms in total. The molecule has 0 atom stereocenters. The van der Waals surface area contributed by atoms with Crippen LogP contribution in [0.2, 0.25) is 0 Å². The largest absolute Gasteiger partial charge is 0.352 e. The van der Waals surface area contributed by atoms with E-state index in [-0.39, 0.29) is 29.5 Å². The van der Waals surface area contributed by atoms with Crippen molar-refractivity contribution in [2.24, 2.45) is 5.92 Å². The van der Waals surface area contributed by atoms with Crippen LogP contribution < -0.4 is 5.32 Å². The predicted octanol–water partition coefficient (Wildman–Crippen LogP) is 1.29. The van der Waals surface area contributed by atoms with E-state index in [0.717, 1.165) is 18.2 Å². The smallest absolute Gasteiger partial charge is 0.282 e. The van der Waals surface area contributed by atoms with Crippen molar-refractivity contribution in [3.63, 3.8) is 0 Å². The molecule has 0 bridgehead atoms. The molecule has 0 aliphatic carbocycles. The van der Waals surface area contributed by atoms with Crippen molar-refractivity contribution in [1.82, 2.24) is 5.32 Å². The maximum Gasteiger partial charge on any atom is 0.282 e. The summed E-state index contributed by atoms with van der Waals surface area (Å²) in [5.41, 5.74) is -0.807. The Hall–Kier alpha value is -2.03. The predicted molar refractivity (Wildman–Crippen MR) is 76.8 cm³/mol. The number of nitro groups is 1. The second-order valence-electron chi connectivity index (χ2n) is 5.22. The molecule has 1 fully saturated rings. The number of carbonyl (C=O) groups excluding carboxylic acids is 1. The molecule has 2 rings (SSSR count). The number of hydrogen-bond acceptors (Lipinski definition) is 5. The van der Waals surface area contributed by atoms with E-state index in [1.807, 2.05) is 0 Å². The maximum atomic E-state index is 13.2. The van der Waals surface area contributed by atoms with Gasteiger partial charge in [0.2, 0.25) is 0 Å². The van der Waals surface area contributed by atoms with E-state index in [0.29, 0.717) is 12.8 Å². The van der Waals surface area contributed by atoms with Crippen LogP contribution in [-0.2, 0) is 9.84 Å². The Balaban J connectivity index is 2.01. The van der Waals surface area contributed by atoms with Crippen LogP contribution in [0.5, 0.6) is 0 Å². The zero-order valence-electron chi connectivity index (χ0n) is 11.6. The molecular formula is C13H15FN2O5S. The third-order valence-electron chi connectivity index (χ3n) is 3.63. The highest BCUT2D eigenvalue weighted by Gasteiger charge is 2.25. The first-order valence-corrected chi connectivity index (χ1v) is 8.53. The second-order valence-corrected chi connectivity index (χ2v) is 7.53. The highest BCUT2D eigenvalue weighted by atomic mass is 32.2. The number of nitrogens with one attached hydrogen (secondary N) is 1. The molecule has 1 aliphatic heterocycles. The van der Waals surface area contributed by atoms with Gasteiger partial charge in [-0.25, -0.2) is 12.8 Å². The number of halogens is 1. The third kappa shape index (κ3) is 4.00. The molecule has 9 heteroatoms. The van der Waals surface area contributed by atoms with Crippen LogP contribution in [0.15, 0.2) is 18.2 Å². The van der Waals surface area contributed by atoms with E-state index in [1.54, 1.807) is 0 Å². The number of carbonyl (C=O) groups is 1. The molecule has 1 saturated heterocycles. The van der Waals surface area contributed by atoms with Crippen LogP contribution in [0.4, 0.5) is 10.1 Å². The molecule has 0 saturated carbocycles. The molecule has 1 heterocycles. The number of hydrogen-bond donors (Lipinski definition) is 1. The van der Waals surface area contributed by atoms with Gasteiger partial charge in [0.05, 0.1) is 16.4 Å². The molecular weight excluding hydrogens is 315 g/mol. The summed E-state index contributed by atoms with van der Waals surface area (Å²) in [7, 11) is -2.98.